The van der Waals surface area contributed by atoms with E-state index in [1.54, 1.807) is 6.92 Å². The molecule has 5 aromatic rings. The summed E-state index contributed by atoms with van der Waals surface area (Å²) in [6, 6.07) is 10.1. The van der Waals surface area contributed by atoms with E-state index in [2.05, 4.69) is 30.8 Å². The van der Waals surface area contributed by atoms with Crippen LogP contribution in [0.3, 0.4) is 0 Å². The lowest BCUT2D eigenvalue weighted by atomic mass is 10.2. The van der Waals surface area contributed by atoms with Gasteiger partial charge in [0.25, 0.3) is 11.5 Å². The van der Waals surface area contributed by atoms with Gasteiger partial charge in [-0.15, -0.1) is 0 Å². The Balaban J connectivity index is 1.36. The van der Waals surface area contributed by atoms with Crippen molar-refractivity contribution in [2.24, 2.45) is 0 Å². The molecule has 39 heavy (non-hydrogen) atoms. The van der Waals surface area contributed by atoms with E-state index in [0.717, 1.165) is 10.6 Å². The highest BCUT2D eigenvalue weighted by molar-refractivity contribution is 6.02. The number of hydrogen-bond donors (Lipinski definition) is 4. The number of H-pyrrole nitrogens is 1. The number of benzene rings is 2. The summed E-state index contributed by atoms with van der Waals surface area (Å²) < 4.78 is 35.2. The molecule has 0 saturated heterocycles. The highest BCUT2D eigenvalue weighted by atomic mass is 19.1. The third-order valence-corrected chi connectivity index (χ3v) is 5.65. The fourth-order valence-corrected chi connectivity index (χ4v) is 3.73. The van der Waals surface area contributed by atoms with Crippen LogP contribution in [0.2, 0.25) is 0 Å². The van der Waals surface area contributed by atoms with Crippen LogP contribution < -0.4 is 20.9 Å². The molecule has 11 nitrogen and oxygen atoms in total. The number of pyridine rings is 1. The molecule has 1 atom stereocenters. The molecular formula is C26H21F2N7O4. The predicted octanol–water partition coefficient (Wildman–Crippen LogP) is 3.62. The number of anilines is 2. The van der Waals surface area contributed by atoms with E-state index in [9.17, 15) is 19.1 Å². The molecule has 1 amide bonds. The Morgan fingerprint density at radius 1 is 1.10 bits per heavy atom. The molecule has 0 fully saturated rings. The third kappa shape index (κ3) is 5.29. The average molecular weight is 533 g/mol. The van der Waals surface area contributed by atoms with Gasteiger partial charge in [-0.3, -0.25) is 19.3 Å². The molecule has 4 N–H and O–H groups in total. The molecule has 0 spiro atoms. The van der Waals surface area contributed by atoms with Crippen LogP contribution in [0.5, 0.6) is 11.5 Å². The summed E-state index contributed by atoms with van der Waals surface area (Å²) in [4.78, 5) is 33.7. The largest absolute Gasteiger partial charge is 0.453 e. The van der Waals surface area contributed by atoms with Crippen molar-refractivity contribution in [3.05, 3.63) is 94.8 Å². The molecular weight excluding hydrogens is 512 g/mol. The Bertz CT molecular complexity index is 1720. The minimum Gasteiger partial charge on any atom is -0.453 e. The van der Waals surface area contributed by atoms with E-state index in [1.807, 2.05) is 0 Å². The number of amides is 1. The van der Waals surface area contributed by atoms with E-state index in [0.29, 0.717) is 22.5 Å². The first-order valence-electron chi connectivity index (χ1n) is 11.7. The molecule has 198 valence electrons. The maximum atomic E-state index is 15.0. The van der Waals surface area contributed by atoms with Gasteiger partial charge in [0.05, 0.1) is 6.61 Å². The van der Waals surface area contributed by atoms with Crippen molar-refractivity contribution >= 4 is 28.4 Å². The van der Waals surface area contributed by atoms with Crippen LogP contribution in [-0.2, 0) is 0 Å². The maximum Gasteiger partial charge on any atom is 0.286 e. The quantitative estimate of drug-likeness (QED) is 0.237. The lowest BCUT2D eigenvalue weighted by Gasteiger charge is -2.13. The topological polar surface area (TPSA) is 147 Å². The molecule has 0 bridgehead atoms. The number of nitrogens with zero attached hydrogens (tertiary/aromatic N) is 4. The number of aliphatic hydroxyl groups excluding tert-OH is 1. The van der Waals surface area contributed by atoms with E-state index < -0.39 is 28.8 Å². The van der Waals surface area contributed by atoms with Gasteiger partial charge in [0.1, 0.15) is 17.0 Å². The van der Waals surface area contributed by atoms with Gasteiger partial charge in [-0.1, -0.05) is 0 Å². The number of rotatable bonds is 8. The van der Waals surface area contributed by atoms with Crippen LogP contribution in [0.1, 0.15) is 17.4 Å². The Labute approximate surface area is 219 Å². The lowest BCUT2D eigenvalue weighted by molar-refractivity contribution is 0.102. The first kappa shape index (κ1) is 25.5. The normalized spacial score (nSPS) is 11.8. The fourth-order valence-electron chi connectivity index (χ4n) is 3.73. The zero-order valence-corrected chi connectivity index (χ0v) is 20.4. The Morgan fingerprint density at radius 2 is 1.90 bits per heavy atom. The van der Waals surface area contributed by atoms with Gasteiger partial charge in [-0.05, 0) is 43.3 Å². The number of hydrogen-bond acceptors (Lipinski definition) is 8. The van der Waals surface area contributed by atoms with Crippen LogP contribution in [0.4, 0.5) is 20.3 Å². The van der Waals surface area contributed by atoms with E-state index in [4.69, 9.17) is 4.74 Å². The number of aromatic amines is 1. The SMILES string of the molecule is C[C@H](CO)Nc1n[nH]c2nccc(Oc3ccc(NC(=O)c4nccn(-c5ccc(F)cc5)c4=O)cc3F)c12. The van der Waals surface area contributed by atoms with Crippen LogP contribution in [0, 0.1) is 11.6 Å². The Morgan fingerprint density at radius 3 is 2.64 bits per heavy atom. The average Bonchev–Trinajstić information content (AvgIpc) is 3.34. The molecule has 0 saturated carbocycles. The highest BCUT2D eigenvalue weighted by Gasteiger charge is 2.18. The molecule has 3 aromatic heterocycles. The van der Waals surface area contributed by atoms with Crippen molar-refractivity contribution in [2.75, 3.05) is 17.2 Å². The molecule has 0 aliphatic heterocycles. The van der Waals surface area contributed by atoms with Crippen molar-refractivity contribution in [3.63, 3.8) is 0 Å². The summed E-state index contributed by atoms with van der Waals surface area (Å²) in [5.74, 6) is -1.62. The van der Waals surface area contributed by atoms with Crippen molar-refractivity contribution in [1.29, 1.82) is 0 Å². The number of nitrogens with one attached hydrogen (secondary N) is 3. The van der Waals surface area contributed by atoms with E-state index in [1.165, 1.54) is 61.1 Å². The highest BCUT2D eigenvalue weighted by Crippen LogP contribution is 2.34. The molecule has 0 aliphatic rings. The Kier molecular flexibility index (Phi) is 6.97. The molecule has 0 unspecified atom stereocenters. The molecule has 2 aromatic carbocycles. The monoisotopic (exact) mass is 533 g/mol. The second-order valence-corrected chi connectivity index (χ2v) is 8.46. The van der Waals surface area contributed by atoms with E-state index in [-0.39, 0.29) is 29.8 Å². The van der Waals surface area contributed by atoms with Crippen molar-refractivity contribution in [1.82, 2.24) is 24.7 Å². The summed E-state index contributed by atoms with van der Waals surface area (Å²) in [7, 11) is 0. The van der Waals surface area contributed by atoms with Gasteiger partial charge in [0.2, 0.25) is 0 Å². The van der Waals surface area contributed by atoms with Gasteiger partial charge in [0, 0.05) is 48.1 Å². The number of halogens is 2. The lowest BCUT2D eigenvalue weighted by Crippen LogP contribution is -2.29. The third-order valence-electron chi connectivity index (χ3n) is 5.65. The van der Waals surface area contributed by atoms with Crippen LogP contribution in [0.15, 0.2) is 71.9 Å². The van der Waals surface area contributed by atoms with Gasteiger partial charge in [0.15, 0.2) is 28.7 Å². The molecule has 3 heterocycles. The molecule has 13 heteroatoms. The smallest absolute Gasteiger partial charge is 0.286 e. The van der Waals surface area contributed by atoms with Crippen molar-refractivity contribution < 1.29 is 23.4 Å². The zero-order valence-electron chi connectivity index (χ0n) is 20.4. The first-order valence-corrected chi connectivity index (χ1v) is 11.7. The minimum absolute atomic E-state index is 0.0607. The minimum atomic E-state index is -0.854. The summed E-state index contributed by atoms with van der Waals surface area (Å²) in [5.41, 5.74) is -0.364. The standard InChI is InChI=1S/C26H21F2N7O4/c1-14(13-36)31-24-21-20(8-9-30-23(21)33-34-24)39-19-7-4-16(12-18(19)28)32-25(37)22-26(38)35(11-10-29-22)17-5-2-15(27)3-6-17/h2-12,14,36H,13H2,1H3,(H,32,37)(H2,30,31,33,34)/t14-/m1/s1. The van der Waals surface area contributed by atoms with Crippen LogP contribution in [0.25, 0.3) is 16.7 Å². The Hall–Kier alpha value is -5.17. The molecule has 0 radical (unpaired) electrons. The second kappa shape index (κ2) is 10.7. The molecule has 0 aliphatic carbocycles. The fraction of sp³-hybridized carbons (Fsp3) is 0.115. The summed E-state index contributed by atoms with van der Waals surface area (Å²) >= 11 is 0. The van der Waals surface area contributed by atoms with Gasteiger partial charge in [-0.25, -0.2) is 18.7 Å². The van der Waals surface area contributed by atoms with Gasteiger partial charge >= 0.3 is 0 Å². The summed E-state index contributed by atoms with van der Waals surface area (Å²) in [5, 5.41) is 22.2. The van der Waals surface area contributed by atoms with Crippen molar-refractivity contribution in [2.45, 2.75) is 13.0 Å². The number of fused-ring (bicyclic) bond motifs is 1. The first-order chi connectivity index (χ1) is 18.8. The van der Waals surface area contributed by atoms with Crippen LogP contribution in [-0.4, -0.2) is 48.4 Å². The maximum absolute atomic E-state index is 15.0. The van der Waals surface area contributed by atoms with E-state index >= 15 is 4.39 Å². The zero-order chi connectivity index (χ0) is 27.5. The molecule has 5 rings (SSSR count). The van der Waals surface area contributed by atoms with Crippen molar-refractivity contribution in [3.8, 4) is 17.2 Å². The number of aromatic nitrogens is 5. The number of ether oxygens (including phenoxy) is 1. The number of carbonyl (C=O) groups is 1. The van der Waals surface area contributed by atoms with Gasteiger partial charge < -0.3 is 20.5 Å². The van der Waals surface area contributed by atoms with Gasteiger partial charge in [-0.2, -0.15) is 5.10 Å². The second-order valence-electron chi connectivity index (χ2n) is 8.46. The number of carbonyl (C=O) groups excluding carboxylic acids is 1. The van der Waals surface area contributed by atoms with Crippen LogP contribution >= 0.6 is 0 Å². The summed E-state index contributed by atoms with van der Waals surface area (Å²) in [6.07, 6.45) is 4.07. The predicted molar refractivity (Wildman–Crippen MR) is 138 cm³/mol. The number of aliphatic hydroxyl groups is 1. The summed E-state index contributed by atoms with van der Waals surface area (Å²) in [6.45, 7) is 1.62.